The van der Waals surface area contributed by atoms with E-state index >= 15 is 0 Å². The Balaban J connectivity index is 2.04. The second-order valence-electron chi connectivity index (χ2n) is 6.39. The molecule has 0 atom stereocenters. The Bertz CT molecular complexity index is 605. The zero-order valence-corrected chi connectivity index (χ0v) is 15.9. The zero-order valence-electron chi connectivity index (χ0n) is 14.3. The van der Waals surface area contributed by atoms with Crippen molar-refractivity contribution in [2.75, 3.05) is 39.3 Å². The van der Waals surface area contributed by atoms with Gasteiger partial charge in [-0.25, -0.2) is 0 Å². The van der Waals surface area contributed by atoms with Gasteiger partial charge in [0.15, 0.2) is 0 Å². The van der Waals surface area contributed by atoms with Gasteiger partial charge in [0.05, 0.1) is 18.2 Å². The number of nitrogens with zero attached hydrogens (tertiary/aromatic N) is 3. The van der Waals surface area contributed by atoms with Gasteiger partial charge in [0.2, 0.25) is 0 Å². The molecule has 1 amide bonds. The molecule has 6 heteroatoms. The third kappa shape index (κ3) is 5.22. The number of carbonyl (C=O) groups excluding carboxylic acids is 1. The topological polar surface area (TPSA) is 56.6 Å². The first-order valence-electron chi connectivity index (χ1n) is 8.32. The number of halogens is 1. The van der Waals surface area contributed by atoms with E-state index < -0.39 is 0 Å². The molecular formula is C18H24BrN3O2. The molecule has 0 saturated carbocycles. The Labute approximate surface area is 152 Å². The summed E-state index contributed by atoms with van der Waals surface area (Å²) < 4.78 is 6.70. The Kier molecular flexibility index (Phi) is 7.07. The molecule has 0 spiro atoms. The van der Waals surface area contributed by atoms with Crippen LogP contribution < -0.4 is 4.74 Å². The van der Waals surface area contributed by atoms with Crippen LogP contribution in [0.3, 0.4) is 0 Å². The van der Waals surface area contributed by atoms with Gasteiger partial charge in [0.1, 0.15) is 5.75 Å². The molecule has 1 fully saturated rings. The first-order chi connectivity index (χ1) is 11.5. The monoisotopic (exact) mass is 393 g/mol. The Morgan fingerprint density at radius 3 is 2.67 bits per heavy atom. The highest BCUT2D eigenvalue weighted by molar-refractivity contribution is 9.10. The standard InChI is InChI=1S/C18H24BrN3O2/c1-14(2)13-24-17-5-4-15(19)12-16(17)18(23)22-10-8-21(9-11-22)7-3-6-20/h4-5,12,14H,3,7-11,13H2,1-2H3. The van der Waals surface area contributed by atoms with Crippen LogP contribution in [0.1, 0.15) is 30.6 Å². The summed E-state index contributed by atoms with van der Waals surface area (Å²) in [6.45, 7) is 8.51. The SMILES string of the molecule is CC(C)COc1ccc(Br)cc1C(=O)N1CCN(CCC#N)CC1. The van der Waals surface area contributed by atoms with Crippen LogP contribution in [0.2, 0.25) is 0 Å². The van der Waals surface area contributed by atoms with Crippen LogP contribution in [0.15, 0.2) is 22.7 Å². The first-order valence-corrected chi connectivity index (χ1v) is 9.11. The quantitative estimate of drug-likeness (QED) is 0.744. The number of rotatable bonds is 6. The molecule has 1 heterocycles. The van der Waals surface area contributed by atoms with Crippen LogP contribution in [0, 0.1) is 17.2 Å². The highest BCUT2D eigenvalue weighted by atomic mass is 79.9. The van der Waals surface area contributed by atoms with Crippen LogP contribution in [0.5, 0.6) is 5.75 Å². The molecule has 1 aliphatic heterocycles. The van der Waals surface area contributed by atoms with Gasteiger partial charge in [-0.15, -0.1) is 0 Å². The molecule has 1 aromatic rings. The molecule has 1 aromatic carbocycles. The van der Waals surface area contributed by atoms with E-state index in [4.69, 9.17) is 10.00 Å². The molecular weight excluding hydrogens is 370 g/mol. The summed E-state index contributed by atoms with van der Waals surface area (Å²) >= 11 is 3.44. The van der Waals surface area contributed by atoms with Crippen LogP contribution >= 0.6 is 15.9 Å². The summed E-state index contributed by atoms with van der Waals surface area (Å²) in [6, 6.07) is 7.75. The van der Waals surface area contributed by atoms with Crippen molar-refractivity contribution in [3.8, 4) is 11.8 Å². The largest absolute Gasteiger partial charge is 0.492 e. The lowest BCUT2D eigenvalue weighted by molar-refractivity contribution is 0.0635. The second-order valence-corrected chi connectivity index (χ2v) is 7.30. The summed E-state index contributed by atoms with van der Waals surface area (Å²) in [7, 11) is 0. The lowest BCUT2D eigenvalue weighted by Gasteiger charge is -2.34. The minimum Gasteiger partial charge on any atom is -0.492 e. The highest BCUT2D eigenvalue weighted by Gasteiger charge is 2.24. The van der Waals surface area contributed by atoms with E-state index in [1.807, 2.05) is 23.1 Å². The summed E-state index contributed by atoms with van der Waals surface area (Å²) in [5.41, 5.74) is 0.607. The molecule has 5 nitrogen and oxygen atoms in total. The fraction of sp³-hybridized carbons (Fsp3) is 0.556. The van der Waals surface area contributed by atoms with E-state index in [1.165, 1.54) is 0 Å². The third-order valence-corrected chi connectivity index (χ3v) is 4.44. The number of amides is 1. The summed E-state index contributed by atoms with van der Waals surface area (Å²) in [5, 5.41) is 8.67. The molecule has 0 unspecified atom stereocenters. The number of hydrogen-bond acceptors (Lipinski definition) is 4. The second kappa shape index (κ2) is 9.05. The summed E-state index contributed by atoms with van der Waals surface area (Å²) in [5.74, 6) is 1.05. The van der Waals surface area contributed by atoms with Crippen molar-refractivity contribution in [3.05, 3.63) is 28.2 Å². The minimum absolute atomic E-state index is 0.00925. The van der Waals surface area contributed by atoms with Crippen LogP contribution in [0.25, 0.3) is 0 Å². The molecule has 1 aliphatic rings. The lowest BCUT2D eigenvalue weighted by Crippen LogP contribution is -2.48. The van der Waals surface area contributed by atoms with E-state index in [0.717, 1.165) is 24.1 Å². The predicted molar refractivity (Wildman–Crippen MR) is 97.0 cm³/mol. The number of nitriles is 1. The van der Waals surface area contributed by atoms with E-state index in [9.17, 15) is 4.79 Å². The maximum absolute atomic E-state index is 12.9. The lowest BCUT2D eigenvalue weighted by atomic mass is 10.1. The van der Waals surface area contributed by atoms with Crippen LogP contribution in [-0.4, -0.2) is 55.0 Å². The van der Waals surface area contributed by atoms with Crippen molar-refractivity contribution in [1.29, 1.82) is 5.26 Å². The molecule has 0 bridgehead atoms. The van der Waals surface area contributed by atoms with Crippen LogP contribution in [0.4, 0.5) is 0 Å². The first kappa shape index (κ1) is 18.8. The van der Waals surface area contributed by atoms with E-state index in [0.29, 0.717) is 43.3 Å². The van der Waals surface area contributed by atoms with E-state index in [-0.39, 0.29) is 5.91 Å². The Morgan fingerprint density at radius 1 is 1.33 bits per heavy atom. The minimum atomic E-state index is 0.00925. The smallest absolute Gasteiger partial charge is 0.257 e. The Morgan fingerprint density at radius 2 is 2.04 bits per heavy atom. The molecule has 0 aromatic heterocycles. The summed E-state index contributed by atoms with van der Waals surface area (Å²) in [4.78, 5) is 17.0. The molecule has 0 N–H and O–H groups in total. The van der Waals surface area contributed by atoms with Gasteiger partial charge in [0, 0.05) is 43.6 Å². The number of piperazine rings is 1. The molecule has 130 valence electrons. The maximum atomic E-state index is 12.9. The molecule has 24 heavy (non-hydrogen) atoms. The van der Waals surface area contributed by atoms with Crippen molar-refractivity contribution in [2.45, 2.75) is 20.3 Å². The number of ether oxygens (including phenoxy) is 1. The fourth-order valence-electron chi connectivity index (χ4n) is 2.60. The van der Waals surface area contributed by atoms with Gasteiger partial charge in [0.25, 0.3) is 5.91 Å². The average Bonchev–Trinajstić information content (AvgIpc) is 2.58. The van der Waals surface area contributed by atoms with Crippen LogP contribution in [-0.2, 0) is 0 Å². The van der Waals surface area contributed by atoms with E-state index in [1.54, 1.807) is 0 Å². The summed E-state index contributed by atoms with van der Waals surface area (Å²) in [6.07, 6.45) is 0.534. The number of hydrogen-bond donors (Lipinski definition) is 0. The van der Waals surface area contributed by atoms with Gasteiger partial charge in [-0.3, -0.25) is 9.69 Å². The predicted octanol–water partition coefficient (Wildman–Crippen LogP) is 3.16. The van der Waals surface area contributed by atoms with E-state index in [2.05, 4.69) is 40.7 Å². The number of carbonyl (C=O) groups is 1. The number of benzene rings is 1. The van der Waals surface area contributed by atoms with Gasteiger partial charge >= 0.3 is 0 Å². The fourth-order valence-corrected chi connectivity index (χ4v) is 2.97. The molecule has 2 rings (SSSR count). The van der Waals surface area contributed by atoms with Crippen molar-refractivity contribution in [3.63, 3.8) is 0 Å². The molecule has 0 aliphatic carbocycles. The normalized spacial score (nSPS) is 15.4. The zero-order chi connectivity index (χ0) is 17.5. The highest BCUT2D eigenvalue weighted by Crippen LogP contribution is 2.25. The van der Waals surface area contributed by atoms with Crippen molar-refractivity contribution >= 4 is 21.8 Å². The Hall–Kier alpha value is -1.58. The van der Waals surface area contributed by atoms with Gasteiger partial charge in [-0.2, -0.15) is 5.26 Å². The molecule has 0 radical (unpaired) electrons. The average molecular weight is 394 g/mol. The van der Waals surface area contributed by atoms with Crippen molar-refractivity contribution < 1.29 is 9.53 Å². The maximum Gasteiger partial charge on any atom is 0.257 e. The molecule has 1 saturated heterocycles. The van der Waals surface area contributed by atoms with Gasteiger partial charge in [-0.1, -0.05) is 29.8 Å². The third-order valence-electron chi connectivity index (χ3n) is 3.94. The van der Waals surface area contributed by atoms with Crippen molar-refractivity contribution in [1.82, 2.24) is 9.80 Å². The van der Waals surface area contributed by atoms with Crippen molar-refractivity contribution in [2.24, 2.45) is 5.92 Å². The van der Waals surface area contributed by atoms with Gasteiger partial charge < -0.3 is 9.64 Å². The van der Waals surface area contributed by atoms with Gasteiger partial charge in [-0.05, 0) is 24.1 Å².